The molecule has 0 fully saturated rings. The highest BCUT2D eigenvalue weighted by atomic mass is 32.2. The Morgan fingerprint density at radius 2 is 1.53 bits per heavy atom. The van der Waals surface area contributed by atoms with Crippen molar-refractivity contribution in [2.45, 2.75) is 23.3 Å². The lowest BCUT2D eigenvalue weighted by atomic mass is 10.2. The van der Waals surface area contributed by atoms with Gasteiger partial charge in [-0.3, -0.25) is 4.79 Å². The van der Waals surface area contributed by atoms with Crippen LogP contribution in [0.15, 0.2) is 76.5 Å². The molecule has 38 heavy (non-hydrogen) atoms. The van der Waals surface area contributed by atoms with Crippen LogP contribution in [0, 0.1) is 5.82 Å². The van der Waals surface area contributed by atoms with Crippen molar-refractivity contribution in [3.05, 3.63) is 78.1 Å². The zero-order valence-corrected chi connectivity index (χ0v) is 22.5. The van der Waals surface area contributed by atoms with Gasteiger partial charge in [0.1, 0.15) is 10.7 Å². The highest BCUT2D eigenvalue weighted by molar-refractivity contribution is 7.89. The molecule has 0 aliphatic rings. The number of benzene rings is 3. The molecule has 13 heteroatoms. The molecule has 0 spiro atoms. The SMILES string of the molecule is COCCN(Cc1ccc(OC)c(OS(=O)(=O)c2ccc(F)cc2)c1)S(=O)(=O)c1ccc(NC(C)=O)cc1. The highest BCUT2D eigenvalue weighted by Gasteiger charge is 2.26. The average molecular weight is 567 g/mol. The Bertz CT molecular complexity index is 1480. The first-order chi connectivity index (χ1) is 18.0. The summed E-state index contributed by atoms with van der Waals surface area (Å²) in [6, 6.07) is 14.2. The van der Waals surface area contributed by atoms with E-state index in [0.29, 0.717) is 11.3 Å². The van der Waals surface area contributed by atoms with Gasteiger partial charge in [0.2, 0.25) is 15.9 Å². The van der Waals surface area contributed by atoms with E-state index in [1.165, 1.54) is 61.8 Å². The molecule has 0 atom stereocenters. The topological polar surface area (TPSA) is 128 Å². The summed E-state index contributed by atoms with van der Waals surface area (Å²) in [4.78, 5) is 11.0. The molecule has 3 rings (SSSR count). The van der Waals surface area contributed by atoms with Gasteiger partial charge in [-0.2, -0.15) is 12.7 Å². The highest BCUT2D eigenvalue weighted by Crippen LogP contribution is 2.32. The van der Waals surface area contributed by atoms with Gasteiger partial charge in [-0.1, -0.05) is 6.07 Å². The zero-order chi connectivity index (χ0) is 27.9. The van der Waals surface area contributed by atoms with Crippen molar-refractivity contribution in [3.63, 3.8) is 0 Å². The fourth-order valence-corrected chi connectivity index (χ4v) is 5.74. The van der Waals surface area contributed by atoms with Crippen molar-refractivity contribution >= 4 is 31.7 Å². The minimum absolute atomic E-state index is 0.00236. The second-order valence-electron chi connectivity index (χ2n) is 8.01. The molecule has 1 N–H and O–H groups in total. The number of ether oxygens (including phenoxy) is 2. The average Bonchev–Trinajstić information content (AvgIpc) is 2.86. The number of rotatable bonds is 12. The summed E-state index contributed by atoms with van der Waals surface area (Å²) in [6.07, 6.45) is 0. The lowest BCUT2D eigenvalue weighted by molar-refractivity contribution is -0.114. The van der Waals surface area contributed by atoms with Gasteiger partial charge < -0.3 is 19.0 Å². The third-order valence-corrected chi connectivity index (χ3v) is 8.35. The van der Waals surface area contributed by atoms with Crippen LogP contribution in [0.5, 0.6) is 11.5 Å². The second kappa shape index (κ2) is 12.3. The summed E-state index contributed by atoms with van der Waals surface area (Å²) in [7, 11) is -5.58. The van der Waals surface area contributed by atoms with E-state index in [2.05, 4.69) is 5.32 Å². The Morgan fingerprint density at radius 3 is 2.11 bits per heavy atom. The largest absolute Gasteiger partial charge is 0.493 e. The smallest absolute Gasteiger partial charge is 0.339 e. The van der Waals surface area contributed by atoms with Gasteiger partial charge in [-0.15, -0.1) is 0 Å². The molecule has 0 saturated carbocycles. The van der Waals surface area contributed by atoms with Crippen molar-refractivity contribution in [3.8, 4) is 11.5 Å². The molecular formula is C25H27FN2O8S2. The van der Waals surface area contributed by atoms with E-state index in [1.54, 1.807) is 6.07 Å². The molecule has 0 aliphatic heterocycles. The molecule has 10 nitrogen and oxygen atoms in total. The number of halogens is 1. The van der Waals surface area contributed by atoms with E-state index in [9.17, 15) is 26.0 Å². The molecule has 0 saturated heterocycles. The van der Waals surface area contributed by atoms with Gasteiger partial charge in [0.25, 0.3) is 0 Å². The number of carbonyl (C=O) groups excluding carboxylic acids is 1. The molecule has 204 valence electrons. The fourth-order valence-electron chi connectivity index (χ4n) is 3.40. The Balaban J connectivity index is 1.91. The Labute approximate surface area is 221 Å². The van der Waals surface area contributed by atoms with Crippen LogP contribution in [0.3, 0.4) is 0 Å². The molecular weight excluding hydrogens is 539 g/mol. The van der Waals surface area contributed by atoms with Crippen molar-refractivity contribution in [1.82, 2.24) is 4.31 Å². The maximum absolute atomic E-state index is 13.4. The van der Waals surface area contributed by atoms with E-state index in [0.717, 1.165) is 24.3 Å². The summed E-state index contributed by atoms with van der Waals surface area (Å²) in [6.45, 7) is 1.30. The van der Waals surface area contributed by atoms with Gasteiger partial charge >= 0.3 is 10.1 Å². The normalized spacial score (nSPS) is 11.8. The summed E-state index contributed by atoms with van der Waals surface area (Å²) >= 11 is 0. The van der Waals surface area contributed by atoms with Crippen molar-refractivity contribution in [2.75, 3.05) is 32.7 Å². The summed E-state index contributed by atoms with van der Waals surface area (Å²) in [5.41, 5.74) is 0.851. The number of carbonyl (C=O) groups is 1. The predicted molar refractivity (Wildman–Crippen MR) is 137 cm³/mol. The molecule has 0 aliphatic carbocycles. The molecule has 0 heterocycles. The van der Waals surface area contributed by atoms with Crippen molar-refractivity contribution in [2.24, 2.45) is 0 Å². The quantitative estimate of drug-likeness (QED) is 0.331. The first-order valence-electron chi connectivity index (χ1n) is 11.2. The van der Waals surface area contributed by atoms with E-state index in [4.69, 9.17) is 13.7 Å². The number of amides is 1. The number of nitrogens with one attached hydrogen (secondary N) is 1. The van der Waals surface area contributed by atoms with E-state index in [1.807, 2.05) is 0 Å². The number of hydrogen-bond acceptors (Lipinski definition) is 8. The monoisotopic (exact) mass is 566 g/mol. The van der Waals surface area contributed by atoms with Crippen LogP contribution in [0.1, 0.15) is 12.5 Å². The van der Waals surface area contributed by atoms with Gasteiger partial charge in [-0.05, 0) is 66.2 Å². The number of hydrogen-bond donors (Lipinski definition) is 1. The maximum Gasteiger partial charge on any atom is 0.339 e. The Hall–Kier alpha value is -3.52. The number of sulfonamides is 1. The first kappa shape index (κ1) is 29.0. The molecule has 0 bridgehead atoms. The second-order valence-corrected chi connectivity index (χ2v) is 11.5. The molecule has 3 aromatic rings. The van der Waals surface area contributed by atoms with Crippen LogP contribution < -0.4 is 14.2 Å². The van der Waals surface area contributed by atoms with Gasteiger partial charge in [-0.25, -0.2) is 12.8 Å². The van der Waals surface area contributed by atoms with Crippen LogP contribution in [0.25, 0.3) is 0 Å². The number of anilines is 1. The summed E-state index contributed by atoms with van der Waals surface area (Å²) < 4.78 is 82.3. The third-order valence-electron chi connectivity index (χ3n) is 5.25. The summed E-state index contributed by atoms with van der Waals surface area (Å²) in [5.74, 6) is -0.968. The third kappa shape index (κ3) is 7.28. The Kier molecular flexibility index (Phi) is 9.44. The molecule has 0 unspecified atom stereocenters. The van der Waals surface area contributed by atoms with Crippen molar-refractivity contribution < 1.29 is 39.7 Å². The molecule has 0 aromatic heterocycles. The predicted octanol–water partition coefficient (Wildman–Crippen LogP) is 3.40. The fraction of sp³-hybridized carbons (Fsp3) is 0.240. The van der Waals surface area contributed by atoms with Crippen LogP contribution in [-0.2, 0) is 36.2 Å². The van der Waals surface area contributed by atoms with Crippen LogP contribution >= 0.6 is 0 Å². The lowest BCUT2D eigenvalue weighted by Gasteiger charge is -2.23. The summed E-state index contributed by atoms with van der Waals surface area (Å²) in [5, 5.41) is 2.58. The molecule has 3 aromatic carbocycles. The van der Waals surface area contributed by atoms with Gasteiger partial charge in [0.05, 0.1) is 18.6 Å². The number of methoxy groups -OCH3 is 2. The van der Waals surface area contributed by atoms with E-state index >= 15 is 0 Å². The zero-order valence-electron chi connectivity index (χ0n) is 20.9. The lowest BCUT2D eigenvalue weighted by Crippen LogP contribution is -2.33. The van der Waals surface area contributed by atoms with Crippen LogP contribution in [0.2, 0.25) is 0 Å². The van der Waals surface area contributed by atoms with Gasteiger partial charge in [0, 0.05) is 32.8 Å². The first-order valence-corrected chi connectivity index (χ1v) is 14.0. The molecule has 1 amide bonds. The van der Waals surface area contributed by atoms with Gasteiger partial charge in [0.15, 0.2) is 11.5 Å². The van der Waals surface area contributed by atoms with Crippen molar-refractivity contribution in [1.29, 1.82) is 0 Å². The van der Waals surface area contributed by atoms with Crippen LogP contribution in [-0.4, -0.2) is 54.4 Å². The minimum atomic E-state index is -4.33. The minimum Gasteiger partial charge on any atom is -0.493 e. The van der Waals surface area contributed by atoms with Crippen LogP contribution in [0.4, 0.5) is 10.1 Å². The van der Waals surface area contributed by atoms with E-state index in [-0.39, 0.29) is 46.9 Å². The Morgan fingerprint density at radius 1 is 0.895 bits per heavy atom. The van der Waals surface area contributed by atoms with E-state index < -0.39 is 26.0 Å². The maximum atomic E-state index is 13.4. The molecule has 0 radical (unpaired) electrons. The standard InChI is InChI=1S/C25H27FN2O8S2/c1-18(29)27-21-7-11-22(12-8-21)37(30,31)28(14-15-34-2)17-19-4-13-24(35-3)25(16-19)36-38(32,33)23-9-5-20(26)6-10-23/h4-13,16H,14-15,17H2,1-3H3,(H,27,29). The number of nitrogens with zero attached hydrogens (tertiary/aromatic N) is 1.